The van der Waals surface area contributed by atoms with Crippen LogP contribution in [0, 0.1) is 6.92 Å². The van der Waals surface area contributed by atoms with Crippen molar-refractivity contribution in [1.82, 2.24) is 0 Å². The summed E-state index contributed by atoms with van der Waals surface area (Å²) in [6, 6.07) is 0. The number of aryl methyl sites for hydroxylation is 1. The zero-order chi connectivity index (χ0) is 6.57. The molecule has 1 heterocycles. The Morgan fingerprint density at radius 3 is 1.67 bits per heavy atom. The first kappa shape index (κ1) is 11.3. The van der Waals surface area contributed by atoms with Crippen LogP contribution in [0.3, 0.4) is 0 Å². The normalized spacial score (nSPS) is 6.89. The summed E-state index contributed by atoms with van der Waals surface area (Å²) in [6.07, 6.45) is 0. The minimum atomic E-state index is -0.833. The summed E-state index contributed by atoms with van der Waals surface area (Å²) < 4.78 is 8.25. The van der Waals surface area contributed by atoms with Gasteiger partial charge >= 0.3 is 17.1 Å². The fourth-order valence-corrected chi connectivity index (χ4v) is 0.0417. The molecule has 0 aliphatic carbocycles. The molecule has 1 N–H and O–H groups in total. The Labute approximate surface area is 62.6 Å². The Bertz CT molecular complexity index is 126. The SMILES string of the molecule is CC(=O)O.C[c-]1oo1.[Cu+]. The molecule has 0 aliphatic heterocycles. The van der Waals surface area contributed by atoms with E-state index < -0.39 is 5.97 Å². The summed E-state index contributed by atoms with van der Waals surface area (Å²) >= 11 is 0. The zero-order valence-electron chi connectivity index (χ0n) is 4.97. The predicted octanol–water partition coefficient (Wildman–Crippen LogP) is 0.988. The van der Waals surface area contributed by atoms with E-state index in [0.29, 0.717) is 5.96 Å². The van der Waals surface area contributed by atoms with Crippen LogP contribution >= 0.6 is 0 Å². The number of carboxylic acid groups (broad SMARTS) is 1. The molecule has 4 nitrogen and oxygen atoms in total. The summed E-state index contributed by atoms with van der Waals surface area (Å²) in [5, 5.41) is 7.42. The molecular formula is C4H7CuO4. The van der Waals surface area contributed by atoms with E-state index in [-0.39, 0.29) is 17.1 Å². The van der Waals surface area contributed by atoms with Crippen LogP contribution in [0.4, 0.5) is 0 Å². The summed E-state index contributed by atoms with van der Waals surface area (Å²) in [4.78, 5) is 9.00. The Hall–Kier alpha value is -0.541. The average molecular weight is 183 g/mol. The third-order valence-electron chi connectivity index (χ3n) is 0.250. The molecule has 9 heavy (non-hydrogen) atoms. The van der Waals surface area contributed by atoms with E-state index in [1.54, 1.807) is 6.92 Å². The monoisotopic (exact) mass is 182 g/mol. The van der Waals surface area contributed by atoms with Gasteiger partial charge in [-0.15, -0.1) is 6.92 Å². The fraction of sp³-hybridized carbons (Fsp3) is 0.500. The Kier molecular flexibility index (Phi) is 7.01. The molecule has 0 saturated carbocycles. The standard InChI is InChI=1S/C2H3O2.C2H4O2.Cu/c1-2-3-4-2;1-2(3)4;/h1H3;1H3,(H,3,4);/q-1;;+1. The van der Waals surface area contributed by atoms with Gasteiger partial charge in [0.1, 0.15) is 0 Å². The molecule has 0 amide bonds. The Morgan fingerprint density at radius 2 is 1.67 bits per heavy atom. The second-order valence-corrected chi connectivity index (χ2v) is 1.18. The minimum Gasteiger partial charge on any atom is -0.481 e. The summed E-state index contributed by atoms with van der Waals surface area (Å²) in [5.74, 6) is -0.167. The molecule has 0 aliphatic rings. The zero-order valence-corrected chi connectivity index (χ0v) is 5.92. The molecule has 0 saturated heterocycles. The molecule has 5 heteroatoms. The van der Waals surface area contributed by atoms with E-state index in [0.717, 1.165) is 6.92 Å². The van der Waals surface area contributed by atoms with E-state index in [4.69, 9.17) is 9.90 Å². The third kappa shape index (κ3) is 36.8. The van der Waals surface area contributed by atoms with Crippen molar-refractivity contribution in [3.63, 3.8) is 0 Å². The molecular weight excluding hydrogens is 176 g/mol. The van der Waals surface area contributed by atoms with Gasteiger partial charge in [-0.1, -0.05) is 0 Å². The van der Waals surface area contributed by atoms with Crippen LogP contribution in [0.25, 0.3) is 0 Å². The van der Waals surface area contributed by atoms with Gasteiger partial charge in [-0.2, -0.15) is 0 Å². The van der Waals surface area contributed by atoms with E-state index in [1.165, 1.54) is 0 Å². The van der Waals surface area contributed by atoms with Gasteiger partial charge in [0.2, 0.25) is 0 Å². The van der Waals surface area contributed by atoms with Crippen molar-refractivity contribution in [3.05, 3.63) is 5.96 Å². The Balaban J connectivity index is 0. The Morgan fingerprint density at radius 1 is 1.56 bits per heavy atom. The van der Waals surface area contributed by atoms with Gasteiger partial charge in [0, 0.05) is 12.9 Å². The van der Waals surface area contributed by atoms with Crippen LogP contribution in [0.5, 0.6) is 0 Å². The predicted molar refractivity (Wildman–Crippen MR) is 24.6 cm³/mol. The van der Waals surface area contributed by atoms with Crippen molar-refractivity contribution < 1.29 is 36.1 Å². The number of rotatable bonds is 0. The van der Waals surface area contributed by atoms with Crippen LogP contribution < -0.4 is 0 Å². The molecule has 58 valence electrons. The maximum absolute atomic E-state index is 9.00. The number of hydrogen-bond donors (Lipinski definition) is 1. The molecule has 0 fully saturated rings. The topological polar surface area (TPSA) is 63.6 Å². The van der Waals surface area contributed by atoms with Crippen molar-refractivity contribution in [2.24, 2.45) is 0 Å². The van der Waals surface area contributed by atoms with E-state index in [1.807, 2.05) is 0 Å². The van der Waals surface area contributed by atoms with Crippen LogP contribution in [0.2, 0.25) is 0 Å². The van der Waals surface area contributed by atoms with Gasteiger partial charge in [-0.25, -0.2) is 0 Å². The van der Waals surface area contributed by atoms with Gasteiger partial charge in [0.15, 0.2) is 0 Å². The first-order chi connectivity index (χ1) is 3.63. The number of carbonyl (C=O) groups is 1. The summed E-state index contributed by atoms with van der Waals surface area (Å²) in [5.41, 5.74) is 0. The van der Waals surface area contributed by atoms with E-state index >= 15 is 0 Å². The molecule has 0 aromatic carbocycles. The van der Waals surface area contributed by atoms with Crippen LogP contribution in [-0.4, -0.2) is 11.1 Å². The largest absolute Gasteiger partial charge is 1.00 e. The second-order valence-electron chi connectivity index (χ2n) is 1.18. The second kappa shape index (κ2) is 5.59. The molecule has 0 bridgehead atoms. The number of hydrogen-bond acceptors (Lipinski definition) is 3. The summed E-state index contributed by atoms with van der Waals surface area (Å²) in [7, 11) is 0. The smallest absolute Gasteiger partial charge is 0.481 e. The minimum absolute atomic E-state index is 0. The quantitative estimate of drug-likeness (QED) is 0.369. The number of carboxylic acids is 1. The van der Waals surface area contributed by atoms with E-state index in [9.17, 15) is 0 Å². The number of aliphatic carboxylic acids is 1. The van der Waals surface area contributed by atoms with Crippen molar-refractivity contribution in [2.45, 2.75) is 13.8 Å². The average Bonchev–Trinajstić information content (AvgIpc) is 2.19. The molecule has 0 atom stereocenters. The van der Waals surface area contributed by atoms with Gasteiger partial charge in [-0.05, 0) is 0 Å². The van der Waals surface area contributed by atoms with Gasteiger partial charge in [-0.3, -0.25) is 4.79 Å². The van der Waals surface area contributed by atoms with Crippen molar-refractivity contribution in [3.8, 4) is 0 Å². The van der Waals surface area contributed by atoms with Crippen LogP contribution in [-0.2, 0) is 21.9 Å². The van der Waals surface area contributed by atoms with Crippen molar-refractivity contribution in [1.29, 1.82) is 0 Å². The molecule has 1 rings (SSSR count). The van der Waals surface area contributed by atoms with Gasteiger partial charge in [0.25, 0.3) is 5.97 Å². The van der Waals surface area contributed by atoms with Crippen LogP contribution in [0.15, 0.2) is 9.15 Å². The van der Waals surface area contributed by atoms with Crippen molar-refractivity contribution >= 4 is 5.97 Å². The molecule has 0 radical (unpaired) electrons. The third-order valence-corrected chi connectivity index (χ3v) is 0.250. The van der Waals surface area contributed by atoms with Gasteiger partial charge < -0.3 is 14.3 Å². The first-order valence-corrected chi connectivity index (χ1v) is 2.00. The van der Waals surface area contributed by atoms with E-state index in [2.05, 4.69) is 9.15 Å². The first-order valence-electron chi connectivity index (χ1n) is 2.00. The molecule has 1 aromatic rings. The molecule has 0 spiro atoms. The maximum Gasteiger partial charge on any atom is 1.00 e. The maximum atomic E-state index is 9.00. The van der Waals surface area contributed by atoms with Gasteiger partial charge in [0.05, 0.1) is 0 Å². The summed E-state index contributed by atoms with van der Waals surface area (Å²) in [6.45, 7) is 2.83. The molecule has 0 unspecified atom stereocenters. The van der Waals surface area contributed by atoms with Crippen molar-refractivity contribution in [2.75, 3.05) is 0 Å². The van der Waals surface area contributed by atoms with Crippen LogP contribution in [0.1, 0.15) is 12.9 Å². The molecule has 1 aromatic heterocycles. The fourth-order valence-electron chi connectivity index (χ4n) is 0.0417.